The van der Waals surface area contributed by atoms with Crippen LogP contribution in [0.2, 0.25) is 0 Å². The summed E-state index contributed by atoms with van der Waals surface area (Å²) in [5.41, 5.74) is 5.67. The third-order valence-electron chi connectivity index (χ3n) is 3.13. The van der Waals surface area contributed by atoms with Gasteiger partial charge in [0.2, 0.25) is 5.91 Å². The van der Waals surface area contributed by atoms with Crippen LogP contribution in [-0.4, -0.2) is 29.5 Å². The molecule has 15 heavy (non-hydrogen) atoms. The number of rotatable bonds is 4. The first-order valence-corrected chi connectivity index (χ1v) is 7.05. The molecule has 0 spiro atoms. The molecule has 3 N–H and O–H groups in total. The summed E-state index contributed by atoms with van der Waals surface area (Å²) in [6.07, 6.45) is 7.52. The van der Waals surface area contributed by atoms with E-state index in [4.69, 9.17) is 5.73 Å². The minimum atomic E-state index is -0.330. The van der Waals surface area contributed by atoms with Crippen molar-refractivity contribution in [2.24, 2.45) is 5.73 Å². The Morgan fingerprint density at radius 2 is 2.07 bits per heavy atom. The molecule has 0 aliphatic heterocycles. The molecule has 0 aromatic carbocycles. The van der Waals surface area contributed by atoms with E-state index in [-0.39, 0.29) is 11.9 Å². The summed E-state index contributed by atoms with van der Waals surface area (Å²) in [4.78, 5) is 11.6. The molecule has 1 saturated carbocycles. The summed E-state index contributed by atoms with van der Waals surface area (Å²) in [6, 6.07) is 0.0294. The van der Waals surface area contributed by atoms with Crippen LogP contribution in [0.15, 0.2) is 0 Å². The molecule has 1 amide bonds. The van der Waals surface area contributed by atoms with Crippen LogP contribution in [-0.2, 0) is 4.79 Å². The zero-order chi connectivity index (χ0) is 11.3. The van der Waals surface area contributed by atoms with E-state index in [0.717, 1.165) is 18.1 Å². The number of hydrogen-bond donors (Lipinski definition) is 2. The molecule has 1 aliphatic rings. The van der Waals surface area contributed by atoms with E-state index in [1.54, 1.807) is 0 Å². The Morgan fingerprint density at radius 1 is 1.47 bits per heavy atom. The number of thioether (sulfide) groups is 1. The van der Waals surface area contributed by atoms with Crippen molar-refractivity contribution in [1.29, 1.82) is 0 Å². The van der Waals surface area contributed by atoms with E-state index < -0.39 is 0 Å². The zero-order valence-electron chi connectivity index (χ0n) is 9.66. The molecular weight excluding hydrogens is 208 g/mol. The summed E-state index contributed by atoms with van der Waals surface area (Å²) in [5, 5.41) is 3.83. The van der Waals surface area contributed by atoms with Crippen molar-refractivity contribution in [3.63, 3.8) is 0 Å². The van der Waals surface area contributed by atoms with Crippen molar-refractivity contribution in [2.75, 3.05) is 6.26 Å². The minimum Gasteiger partial charge on any atom is -0.352 e. The quantitative estimate of drug-likeness (QED) is 0.770. The largest absolute Gasteiger partial charge is 0.352 e. The van der Waals surface area contributed by atoms with E-state index in [9.17, 15) is 4.79 Å². The number of nitrogens with two attached hydrogens (primary N) is 1. The molecule has 1 fully saturated rings. The predicted molar refractivity (Wildman–Crippen MR) is 66.0 cm³/mol. The first kappa shape index (κ1) is 12.8. The maximum Gasteiger partial charge on any atom is 0.237 e. The van der Waals surface area contributed by atoms with E-state index >= 15 is 0 Å². The van der Waals surface area contributed by atoms with Crippen molar-refractivity contribution in [3.05, 3.63) is 0 Å². The van der Waals surface area contributed by atoms with E-state index in [1.807, 2.05) is 18.7 Å². The monoisotopic (exact) mass is 230 g/mol. The average molecular weight is 230 g/mol. The lowest BCUT2D eigenvalue weighted by Gasteiger charge is -2.28. The van der Waals surface area contributed by atoms with Crippen LogP contribution in [0.4, 0.5) is 0 Å². The number of hydrogen-bond acceptors (Lipinski definition) is 3. The molecule has 0 radical (unpaired) electrons. The summed E-state index contributed by atoms with van der Waals surface area (Å²) >= 11 is 1.94. The van der Waals surface area contributed by atoms with Crippen molar-refractivity contribution in [1.82, 2.24) is 5.32 Å². The highest BCUT2D eigenvalue weighted by atomic mass is 32.2. The lowest BCUT2D eigenvalue weighted by molar-refractivity contribution is -0.123. The lowest BCUT2D eigenvalue weighted by Crippen LogP contribution is -2.46. The second kappa shape index (κ2) is 6.38. The lowest BCUT2D eigenvalue weighted by atomic mass is 9.94. The Balaban J connectivity index is 2.26. The van der Waals surface area contributed by atoms with Gasteiger partial charge in [0, 0.05) is 11.3 Å². The van der Waals surface area contributed by atoms with Crippen LogP contribution in [0, 0.1) is 0 Å². The van der Waals surface area contributed by atoms with E-state index in [2.05, 4.69) is 11.6 Å². The molecule has 1 rings (SSSR count). The molecular formula is C11H22N2OS. The van der Waals surface area contributed by atoms with Gasteiger partial charge >= 0.3 is 0 Å². The highest BCUT2D eigenvalue weighted by Crippen LogP contribution is 2.26. The first-order chi connectivity index (χ1) is 7.17. The molecule has 0 saturated heterocycles. The van der Waals surface area contributed by atoms with Crippen LogP contribution >= 0.6 is 11.8 Å². The van der Waals surface area contributed by atoms with Crippen LogP contribution in [0.25, 0.3) is 0 Å². The summed E-state index contributed by atoms with van der Waals surface area (Å²) in [7, 11) is 0. The topological polar surface area (TPSA) is 55.1 Å². The second-order valence-corrected chi connectivity index (χ2v) is 5.37. The summed E-state index contributed by atoms with van der Waals surface area (Å²) < 4.78 is 0. The van der Waals surface area contributed by atoms with Gasteiger partial charge in [-0.05, 0) is 38.4 Å². The predicted octanol–water partition coefficient (Wildman–Crippen LogP) is 1.51. The van der Waals surface area contributed by atoms with Gasteiger partial charge in [-0.25, -0.2) is 0 Å². The summed E-state index contributed by atoms with van der Waals surface area (Å²) in [5.74, 6) is 0.0186. The second-order valence-electron chi connectivity index (χ2n) is 4.23. The standard InChI is InChI=1S/C11H22N2OS/c1-3-10(12)11(14)13-8-4-6-9(15-2)7-5-8/h8-10H,3-7,12H2,1-2H3,(H,13,14)/t8?,9?,10-/m0/s1. The Kier molecular flexibility index (Phi) is 5.47. The third-order valence-corrected chi connectivity index (χ3v) is 4.27. The van der Waals surface area contributed by atoms with Gasteiger partial charge in [-0.1, -0.05) is 6.92 Å². The molecule has 0 unspecified atom stereocenters. The Bertz CT molecular complexity index is 203. The molecule has 1 aliphatic carbocycles. The molecule has 1 atom stereocenters. The van der Waals surface area contributed by atoms with E-state index in [1.165, 1.54) is 12.8 Å². The molecule has 0 bridgehead atoms. The SMILES string of the molecule is CC[C@H](N)C(=O)NC1CCC(SC)CC1. The van der Waals surface area contributed by atoms with Gasteiger partial charge in [-0.2, -0.15) is 11.8 Å². The highest BCUT2D eigenvalue weighted by molar-refractivity contribution is 7.99. The molecule has 0 aromatic heterocycles. The van der Waals surface area contributed by atoms with Gasteiger partial charge in [0.15, 0.2) is 0 Å². The van der Waals surface area contributed by atoms with E-state index in [0.29, 0.717) is 12.5 Å². The van der Waals surface area contributed by atoms with Gasteiger partial charge in [-0.15, -0.1) is 0 Å². The van der Waals surface area contributed by atoms with Gasteiger partial charge < -0.3 is 11.1 Å². The van der Waals surface area contributed by atoms with Gasteiger partial charge in [0.05, 0.1) is 6.04 Å². The maximum absolute atomic E-state index is 11.6. The van der Waals surface area contributed by atoms with Crippen LogP contribution in [0.5, 0.6) is 0 Å². The average Bonchev–Trinajstić information content (AvgIpc) is 2.29. The van der Waals surface area contributed by atoms with Gasteiger partial charge in [-0.3, -0.25) is 4.79 Å². The molecule has 4 heteroatoms. The van der Waals surface area contributed by atoms with Crippen molar-refractivity contribution >= 4 is 17.7 Å². The minimum absolute atomic E-state index is 0.0186. The molecule has 0 heterocycles. The number of carbonyl (C=O) groups is 1. The first-order valence-electron chi connectivity index (χ1n) is 5.76. The Hall–Kier alpha value is -0.220. The summed E-state index contributed by atoms with van der Waals surface area (Å²) in [6.45, 7) is 1.94. The van der Waals surface area contributed by atoms with Gasteiger partial charge in [0.1, 0.15) is 0 Å². The maximum atomic E-state index is 11.6. The highest BCUT2D eigenvalue weighted by Gasteiger charge is 2.22. The van der Waals surface area contributed by atoms with Crippen molar-refractivity contribution in [3.8, 4) is 0 Å². The molecule has 0 aromatic rings. The zero-order valence-corrected chi connectivity index (χ0v) is 10.5. The fraction of sp³-hybridized carbons (Fsp3) is 0.909. The fourth-order valence-electron chi connectivity index (χ4n) is 1.94. The Morgan fingerprint density at radius 3 is 2.53 bits per heavy atom. The normalized spacial score (nSPS) is 28.5. The fourth-order valence-corrected chi connectivity index (χ4v) is 2.68. The number of nitrogens with one attached hydrogen (secondary N) is 1. The number of amides is 1. The number of carbonyl (C=O) groups excluding carboxylic acids is 1. The third kappa shape index (κ3) is 4.03. The van der Waals surface area contributed by atoms with Crippen LogP contribution < -0.4 is 11.1 Å². The van der Waals surface area contributed by atoms with Crippen LogP contribution in [0.1, 0.15) is 39.0 Å². The molecule has 3 nitrogen and oxygen atoms in total. The van der Waals surface area contributed by atoms with Gasteiger partial charge in [0.25, 0.3) is 0 Å². The van der Waals surface area contributed by atoms with Crippen molar-refractivity contribution in [2.45, 2.75) is 56.4 Å². The van der Waals surface area contributed by atoms with Crippen LogP contribution in [0.3, 0.4) is 0 Å². The smallest absolute Gasteiger partial charge is 0.237 e. The molecule has 88 valence electrons. The van der Waals surface area contributed by atoms with Crippen molar-refractivity contribution < 1.29 is 4.79 Å². The Labute approximate surface area is 96.6 Å².